The zero-order chi connectivity index (χ0) is 19.3. The Morgan fingerprint density at radius 2 is 1.81 bits per heavy atom. The highest BCUT2D eigenvalue weighted by Gasteiger charge is 2.30. The van der Waals surface area contributed by atoms with Gasteiger partial charge in [-0.15, -0.1) is 0 Å². The van der Waals surface area contributed by atoms with E-state index < -0.39 is 29.7 Å². The minimum absolute atomic E-state index is 0.0638. The fourth-order valence-electron chi connectivity index (χ4n) is 1.98. The lowest BCUT2D eigenvalue weighted by molar-refractivity contribution is -0.137. The number of nitriles is 1. The van der Waals surface area contributed by atoms with Gasteiger partial charge in [0.15, 0.2) is 6.10 Å². The molecular formula is C18H13F3N2O3. The molecule has 2 rings (SSSR count). The van der Waals surface area contributed by atoms with Gasteiger partial charge in [-0.1, -0.05) is 6.07 Å². The molecule has 2 aromatic rings. The molecule has 0 unspecified atom stereocenters. The molecule has 0 aromatic heterocycles. The number of benzene rings is 2. The molecular weight excluding hydrogens is 349 g/mol. The second-order valence-corrected chi connectivity index (χ2v) is 5.30. The van der Waals surface area contributed by atoms with Gasteiger partial charge in [-0.05, 0) is 49.4 Å². The van der Waals surface area contributed by atoms with Gasteiger partial charge in [-0.3, -0.25) is 4.79 Å². The highest BCUT2D eigenvalue weighted by molar-refractivity contribution is 5.97. The van der Waals surface area contributed by atoms with Crippen molar-refractivity contribution >= 4 is 17.6 Å². The van der Waals surface area contributed by atoms with Gasteiger partial charge in [-0.25, -0.2) is 4.79 Å². The number of nitrogens with one attached hydrogen (secondary N) is 1. The summed E-state index contributed by atoms with van der Waals surface area (Å²) in [6.07, 6.45) is -5.76. The summed E-state index contributed by atoms with van der Waals surface area (Å²) in [4.78, 5) is 24.0. The van der Waals surface area contributed by atoms with Crippen LogP contribution in [0.2, 0.25) is 0 Å². The van der Waals surface area contributed by atoms with E-state index in [9.17, 15) is 22.8 Å². The van der Waals surface area contributed by atoms with Crippen LogP contribution in [0.25, 0.3) is 0 Å². The molecule has 0 radical (unpaired) electrons. The summed E-state index contributed by atoms with van der Waals surface area (Å²) in [5, 5.41) is 11.0. The Labute approximate surface area is 147 Å². The first-order chi connectivity index (χ1) is 12.2. The van der Waals surface area contributed by atoms with Gasteiger partial charge in [0.1, 0.15) is 0 Å². The molecule has 2 aromatic carbocycles. The Morgan fingerprint density at radius 1 is 1.15 bits per heavy atom. The highest BCUT2D eigenvalue weighted by atomic mass is 19.4. The van der Waals surface area contributed by atoms with Crippen molar-refractivity contribution in [2.24, 2.45) is 0 Å². The Kier molecular flexibility index (Phi) is 5.62. The van der Waals surface area contributed by atoms with E-state index in [2.05, 4.69) is 5.32 Å². The first kappa shape index (κ1) is 19.0. The fraction of sp³-hybridized carbons (Fsp3) is 0.167. The zero-order valence-electron chi connectivity index (χ0n) is 13.5. The Hall–Kier alpha value is -3.34. The molecule has 5 nitrogen and oxygen atoms in total. The van der Waals surface area contributed by atoms with Crippen molar-refractivity contribution in [1.29, 1.82) is 5.26 Å². The number of hydrogen-bond donors (Lipinski definition) is 1. The van der Waals surface area contributed by atoms with Gasteiger partial charge < -0.3 is 10.1 Å². The lowest BCUT2D eigenvalue weighted by Crippen LogP contribution is -2.30. The van der Waals surface area contributed by atoms with Gasteiger partial charge in [0.25, 0.3) is 5.91 Å². The fourth-order valence-corrected chi connectivity index (χ4v) is 1.98. The maximum Gasteiger partial charge on any atom is 0.416 e. The molecule has 1 atom stereocenters. The predicted molar refractivity (Wildman–Crippen MR) is 86.1 cm³/mol. The molecule has 0 fully saturated rings. The van der Waals surface area contributed by atoms with Crippen LogP contribution >= 0.6 is 0 Å². The van der Waals surface area contributed by atoms with E-state index in [1.54, 1.807) is 0 Å². The Morgan fingerprint density at radius 3 is 2.38 bits per heavy atom. The quantitative estimate of drug-likeness (QED) is 0.840. The first-order valence-electron chi connectivity index (χ1n) is 7.40. The van der Waals surface area contributed by atoms with Crippen molar-refractivity contribution in [2.45, 2.75) is 19.2 Å². The van der Waals surface area contributed by atoms with Crippen LogP contribution < -0.4 is 5.32 Å². The van der Waals surface area contributed by atoms with Crippen LogP contribution in [0.1, 0.15) is 28.4 Å². The number of anilines is 1. The predicted octanol–water partition coefficient (Wildman–Crippen LogP) is 3.76. The minimum Gasteiger partial charge on any atom is -0.449 e. The third kappa shape index (κ3) is 4.83. The topological polar surface area (TPSA) is 79.2 Å². The molecule has 0 saturated carbocycles. The lowest BCUT2D eigenvalue weighted by Gasteiger charge is -2.14. The van der Waals surface area contributed by atoms with Crippen LogP contribution in [0.5, 0.6) is 0 Å². The van der Waals surface area contributed by atoms with Crippen molar-refractivity contribution in [3.63, 3.8) is 0 Å². The van der Waals surface area contributed by atoms with Crippen molar-refractivity contribution in [3.05, 3.63) is 65.2 Å². The van der Waals surface area contributed by atoms with E-state index in [1.807, 2.05) is 6.07 Å². The SMILES string of the molecule is C[C@H](OC(=O)c1ccc(C#N)cc1)C(=O)Nc1cccc(C(F)(F)F)c1. The molecule has 0 bridgehead atoms. The maximum atomic E-state index is 12.7. The van der Waals surface area contributed by atoms with Crippen LogP contribution in [-0.4, -0.2) is 18.0 Å². The number of amides is 1. The van der Waals surface area contributed by atoms with Crippen LogP contribution in [0.15, 0.2) is 48.5 Å². The second-order valence-electron chi connectivity index (χ2n) is 5.30. The number of hydrogen-bond acceptors (Lipinski definition) is 4. The molecule has 1 amide bonds. The maximum absolute atomic E-state index is 12.7. The van der Waals surface area contributed by atoms with E-state index in [4.69, 9.17) is 10.00 Å². The largest absolute Gasteiger partial charge is 0.449 e. The molecule has 1 N–H and O–H groups in total. The van der Waals surface area contributed by atoms with E-state index in [0.717, 1.165) is 18.2 Å². The molecule has 0 aliphatic rings. The third-order valence-corrected chi connectivity index (χ3v) is 3.36. The van der Waals surface area contributed by atoms with E-state index in [-0.39, 0.29) is 11.3 Å². The second kappa shape index (κ2) is 7.70. The summed E-state index contributed by atoms with van der Waals surface area (Å²) >= 11 is 0. The van der Waals surface area contributed by atoms with Crippen LogP contribution in [0.4, 0.5) is 18.9 Å². The monoisotopic (exact) mass is 362 g/mol. The van der Waals surface area contributed by atoms with Gasteiger partial charge in [0, 0.05) is 5.69 Å². The number of carbonyl (C=O) groups excluding carboxylic acids is 2. The summed E-state index contributed by atoms with van der Waals surface area (Å²) in [7, 11) is 0. The number of halogens is 3. The first-order valence-corrected chi connectivity index (χ1v) is 7.40. The van der Waals surface area contributed by atoms with Crippen LogP contribution in [0.3, 0.4) is 0 Å². The minimum atomic E-state index is -4.53. The summed E-state index contributed by atoms with van der Waals surface area (Å²) in [5.74, 6) is -1.56. The third-order valence-electron chi connectivity index (χ3n) is 3.36. The van der Waals surface area contributed by atoms with Crippen LogP contribution in [0, 0.1) is 11.3 Å². The van der Waals surface area contributed by atoms with Gasteiger partial charge in [-0.2, -0.15) is 18.4 Å². The van der Waals surface area contributed by atoms with Gasteiger partial charge in [0.05, 0.1) is 22.8 Å². The van der Waals surface area contributed by atoms with Crippen molar-refractivity contribution in [1.82, 2.24) is 0 Å². The molecule has 0 saturated heterocycles. The van der Waals surface area contributed by atoms with E-state index in [0.29, 0.717) is 5.56 Å². The Bertz CT molecular complexity index is 855. The van der Waals surface area contributed by atoms with Crippen molar-refractivity contribution in [3.8, 4) is 6.07 Å². The lowest BCUT2D eigenvalue weighted by atomic mass is 10.1. The van der Waals surface area contributed by atoms with E-state index in [1.165, 1.54) is 37.3 Å². The molecule has 26 heavy (non-hydrogen) atoms. The van der Waals surface area contributed by atoms with E-state index >= 15 is 0 Å². The molecule has 0 heterocycles. The zero-order valence-corrected chi connectivity index (χ0v) is 13.5. The molecule has 0 aliphatic heterocycles. The number of carbonyl (C=O) groups is 2. The summed E-state index contributed by atoms with van der Waals surface area (Å²) in [6.45, 7) is 1.30. The van der Waals surface area contributed by atoms with Gasteiger partial charge >= 0.3 is 12.1 Å². The smallest absolute Gasteiger partial charge is 0.416 e. The highest BCUT2D eigenvalue weighted by Crippen LogP contribution is 2.30. The number of esters is 1. The summed E-state index contributed by atoms with van der Waals surface area (Å²) in [5.41, 5.74) is -0.469. The standard InChI is InChI=1S/C18H13F3N2O3/c1-11(26-17(25)13-7-5-12(10-22)6-8-13)16(24)23-15-4-2-3-14(9-15)18(19,20)21/h2-9,11H,1H3,(H,23,24)/t11-/m0/s1. The van der Waals surface area contributed by atoms with Crippen molar-refractivity contribution < 1.29 is 27.5 Å². The number of rotatable bonds is 4. The normalized spacial score (nSPS) is 12.0. The average molecular weight is 362 g/mol. The van der Waals surface area contributed by atoms with Crippen LogP contribution in [-0.2, 0) is 15.7 Å². The Balaban J connectivity index is 2.01. The van der Waals surface area contributed by atoms with Crippen molar-refractivity contribution in [2.75, 3.05) is 5.32 Å². The number of nitrogens with zero attached hydrogens (tertiary/aromatic N) is 1. The molecule has 0 aliphatic carbocycles. The average Bonchev–Trinajstić information content (AvgIpc) is 2.61. The van der Waals surface area contributed by atoms with Gasteiger partial charge in [0.2, 0.25) is 0 Å². The molecule has 8 heteroatoms. The molecule has 0 spiro atoms. The summed E-state index contributed by atoms with van der Waals surface area (Å²) in [6, 6.07) is 11.6. The number of ether oxygens (including phenoxy) is 1. The number of alkyl halides is 3. The molecule has 134 valence electrons. The summed E-state index contributed by atoms with van der Waals surface area (Å²) < 4.78 is 43.0.